The van der Waals surface area contributed by atoms with Crippen LogP contribution in [0.3, 0.4) is 0 Å². The lowest BCUT2D eigenvalue weighted by molar-refractivity contribution is 0.0146. The van der Waals surface area contributed by atoms with E-state index < -0.39 is 0 Å². The number of rotatable bonds is 6. The third-order valence-corrected chi connectivity index (χ3v) is 5.39. The van der Waals surface area contributed by atoms with E-state index in [9.17, 15) is 0 Å². The minimum absolute atomic E-state index is 0.242. The first-order chi connectivity index (χ1) is 13.8. The second-order valence-corrected chi connectivity index (χ2v) is 7.53. The van der Waals surface area contributed by atoms with E-state index in [-0.39, 0.29) is 6.10 Å². The number of thiophene rings is 1. The maximum Gasteiger partial charge on any atom is 0.259 e. The van der Waals surface area contributed by atoms with Crippen LogP contribution in [-0.2, 0) is 6.54 Å². The lowest BCUT2D eigenvalue weighted by atomic mass is 10.1. The summed E-state index contributed by atoms with van der Waals surface area (Å²) in [5.41, 5.74) is 3.07. The van der Waals surface area contributed by atoms with Crippen LogP contribution in [0, 0.1) is 0 Å². The number of hydrogen-bond donors (Lipinski definition) is 0. The van der Waals surface area contributed by atoms with Gasteiger partial charge in [0.25, 0.3) is 5.89 Å². The van der Waals surface area contributed by atoms with Gasteiger partial charge >= 0.3 is 0 Å². The summed E-state index contributed by atoms with van der Waals surface area (Å²) in [6, 6.07) is 13.7. The lowest BCUT2D eigenvalue weighted by Gasteiger charge is -2.38. The molecule has 0 spiro atoms. The van der Waals surface area contributed by atoms with Crippen molar-refractivity contribution in [3.63, 3.8) is 0 Å². The maximum absolute atomic E-state index is 6.05. The first kappa shape index (κ1) is 17.1. The molecule has 1 aromatic carbocycles. The number of nitrogens with zero attached hydrogens (tertiary/aromatic N) is 4. The van der Waals surface area contributed by atoms with Crippen LogP contribution in [-0.4, -0.2) is 39.2 Å². The fraction of sp³-hybridized carbons (Fsp3) is 0.190. The average molecular weight is 390 g/mol. The van der Waals surface area contributed by atoms with Gasteiger partial charge in [0.1, 0.15) is 11.9 Å². The normalized spacial score (nSPS) is 14.7. The molecular formula is C21H18N4O2S. The molecule has 1 aliphatic heterocycles. The van der Waals surface area contributed by atoms with Crippen molar-refractivity contribution in [1.29, 1.82) is 0 Å². The fourth-order valence-corrected chi connectivity index (χ4v) is 3.85. The van der Waals surface area contributed by atoms with Gasteiger partial charge in [-0.1, -0.05) is 5.16 Å². The summed E-state index contributed by atoms with van der Waals surface area (Å²) in [4.78, 5) is 10.9. The van der Waals surface area contributed by atoms with Crippen LogP contribution < -0.4 is 4.74 Å². The Morgan fingerprint density at radius 1 is 1.11 bits per heavy atom. The molecular weight excluding hydrogens is 372 g/mol. The molecule has 3 aromatic heterocycles. The highest BCUT2D eigenvalue weighted by Crippen LogP contribution is 2.25. The van der Waals surface area contributed by atoms with Gasteiger partial charge in [-0.05, 0) is 58.8 Å². The molecule has 5 rings (SSSR count). The Labute approximate surface area is 166 Å². The van der Waals surface area contributed by atoms with Crippen LogP contribution in [0.25, 0.3) is 22.8 Å². The molecule has 140 valence electrons. The van der Waals surface area contributed by atoms with Gasteiger partial charge in [-0.2, -0.15) is 16.3 Å². The van der Waals surface area contributed by atoms with Crippen LogP contribution in [0.1, 0.15) is 5.56 Å². The number of ether oxygens (including phenoxy) is 1. The summed E-state index contributed by atoms with van der Waals surface area (Å²) in [5.74, 6) is 1.87. The second kappa shape index (κ2) is 7.53. The Bertz CT molecular complexity index is 1030. The quantitative estimate of drug-likeness (QED) is 0.493. The van der Waals surface area contributed by atoms with Crippen molar-refractivity contribution in [1.82, 2.24) is 20.0 Å². The molecule has 4 aromatic rings. The van der Waals surface area contributed by atoms with E-state index in [2.05, 4.69) is 36.9 Å². The van der Waals surface area contributed by atoms with Gasteiger partial charge in [0.05, 0.1) is 5.56 Å². The minimum Gasteiger partial charge on any atom is -0.488 e. The Kier molecular flexibility index (Phi) is 4.60. The van der Waals surface area contributed by atoms with Gasteiger partial charge in [0.2, 0.25) is 5.82 Å². The molecule has 28 heavy (non-hydrogen) atoms. The van der Waals surface area contributed by atoms with Crippen molar-refractivity contribution >= 4 is 11.3 Å². The molecule has 0 bridgehead atoms. The van der Waals surface area contributed by atoms with Crippen LogP contribution in [0.4, 0.5) is 0 Å². The van der Waals surface area contributed by atoms with Crippen molar-refractivity contribution < 1.29 is 9.26 Å². The van der Waals surface area contributed by atoms with Gasteiger partial charge in [-0.3, -0.25) is 9.88 Å². The highest BCUT2D eigenvalue weighted by molar-refractivity contribution is 7.07. The number of pyridine rings is 1. The fourth-order valence-electron chi connectivity index (χ4n) is 3.19. The summed E-state index contributed by atoms with van der Waals surface area (Å²) in [6.07, 6.45) is 3.66. The number of aromatic nitrogens is 3. The van der Waals surface area contributed by atoms with Crippen molar-refractivity contribution in [2.75, 3.05) is 13.1 Å². The molecule has 0 aliphatic carbocycles. The first-order valence-electron chi connectivity index (χ1n) is 9.08. The summed E-state index contributed by atoms with van der Waals surface area (Å²) < 4.78 is 11.4. The van der Waals surface area contributed by atoms with E-state index in [1.807, 2.05) is 36.4 Å². The Morgan fingerprint density at radius 3 is 2.75 bits per heavy atom. The van der Waals surface area contributed by atoms with Crippen LogP contribution in [0.2, 0.25) is 0 Å². The number of benzene rings is 1. The topological polar surface area (TPSA) is 64.3 Å². The number of hydrogen-bond acceptors (Lipinski definition) is 7. The summed E-state index contributed by atoms with van der Waals surface area (Å²) in [6.45, 7) is 2.91. The third-order valence-electron chi connectivity index (χ3n) is 4.66. The molecule has 0 unspecified atom stereocenters. The lowest BCUT2D eigenvalue weighted by Crippen LogP contribution is -2.52. The van der Waals surface area contributed by atoms with Gasteiger partial charge < -0.3 is 9.26 Å². The highest BCUT2D eigenvalue weighted by atomic mass is 32.1. The van der Waals surface area contributed by atoms with Crippen molar-refractivity contribution in [2.24, 2.45) is 0 Å². The minimum atomic E-state index is 0.242. The zero-order valence-electron chi connectivity index (χ0n) is 15.1. The largest absolute Gasteiger partial charge is 0.488 e. The van der Waals surface area contributed by atoms with E-state index in [1.54, 1.807) is 23.7 Å². The van der Waals surface area contributed by atoms with Gasteiger partial charge in [-0.15, -0.1) is 0 Å². The standard InChI is InChI=1S/C21H18N4O2S/c1-2-17(10-22-8-1)21-23-20(24-27-21)16-3-5-18(6-4-16)26-19-12-25(13-19)11-15-7-9-28-14-15/h1-10,14,19H,11-13H2. The maximum atomic E-state index is 6.05. The molecule has 1 fully saturated rings. The Balaban J connectivity index is 1.18. The summed E-state index contributed by atoms with van der Waals surface area (Å²) in [5, 5.41) is 8.38. The molecule has 7 heteroatoms. The molecule has 0 amide bonds. The van der Waals surface area contributed by atoms with Crippen molar-refractivity contribution in [2.45, 2.75) is 12.6 Å². The average Bonchev–Trinajstić information content (AvgIpc) is 3.40. The molecule has 1 saturated heterocycles. The summed E-state index contributed by atoms with van der Waals surface area (Å²) in [7, 11) is 0. The zero-order valence-corrected chi connectivity index (χ0v) is 15.9. The van der Waals surface area contributed by atoms with Crippen LogP contribution >= 0.6 is 11.3 Å². The van der Waals surface area contributed by atoms with Crippen LogP contribution in [0.15, 0.2) is 70.1 Å². The predicted octanol–water partition coefficient (Wildman–Crippen LogP) is 4.12. The SMILES string of the molecule is c1cncc(-c2nc(-c3ccc(OC4CN(Cc5ccsc5)C4)cc3)no2)c1. The summed E-state index contributed by atoms with van der Waals surface area (Å²) >= 11 is 1.74. The van der Waals surface area contributed by atoms with E-state index >= 15 is 0 Å². The number of likely N-dealkylation sites (tertiary alicyclic amines) is 1. The Morgan fingerprint density at radius 2 is 2.00 bits per heavy atom. The zero-order chi connectivity index (χ0) is 18.8. The van der Waals surface area contributed by atoms with E-state index in [1.165, 1.54) is 5.56 Å². The van der Waals surface area contributed by atoms with Crippen molar-refractivity contribution in [3.8, 4) is 28.6 Å². The first-order valence-corrected chi connectivity index (χ1v) is 10.0. The molecule has 6 nitrogen and oxygen atoms in total. The van der Waals surface area contributed by atoms with E-state index in [0.717, 1.165) is 36.5 Å². The molecule has 4 heterocycles. The van der Waals surface area contributed by atoms with Gasteiger partial charge in [0.15, 0.2) is 0 Å². The highest BCUT2D eigenvalue weighted by Gasteiger charge is 2.28. The smallest absolute Gasteiger partial charge is 0.259 e. The molecule has 0 atom stereocenters. The Hall–Kier alpha value is -3.03. The molecule has 1 aliphatic rings. The predicted molar refractivity (Wildman–Crippen MR) is 107 cm³/mol. The van der Waals surface area contributed by atoms with Crippen molar-refractivity contribution in [3.05, 3.63) is 71.2 Å². The van der Waals surface area contributed by atoms with Gasteiger partial charge in [-0.25, -0.2) is 0 Å². The second-order valence-electron chi connectivity index (χ2n) is 6.75. The monoisotopic (exact) mass is 390 g/mol. The molecule has 0 radical (unpaired) electrons. The molecule has 0 N–H and O–H groups in total. The van der Waals surface area contributed by atoms with E-state index in [4.69, 9.17) is 9.26 Å². The van der Waals surface area contributed by atoms with Crippen LogP contribution in [0.5, 0.6) is 5.75 Å². The van der Waals surface area contributed by atoms with Gasteiger partial charge in [0, 0.05) is 37.6 Å². The third kappa shape index (κ3) is 3.67. The molecule has 0 saturated carbocycles. The van der Waals surface area contributed by atoms with E-state index in [0.29, 0.717) is 11.7 Å².